The van der Waals surface area contributed by atoms with Gasteiger partial charge < -0.3 is 14.4 Å². The summed E-state index contributed by atoms with van der Waals surface area (Å²) in [6.45, 7) is 4.92. The Hall–Kier alpha value is -2.16. The molecule has 0 amide bonds. The lowest BCUT2D eigenvalue weighted by Crippen LogP contribution is -2.50. The maximum Gasteiger partial charge on any atom is 0.243 e. The van der Waals surface area contributed by atoms with E-state index in [0.29, 0.717) is 29.8 Å². The Labute approximate surface area is 185 Å². The number of ether oxygens (including phenoxy) is 2. The number of aryl methyl sites for hydroxylation is 1. The molecule has 0 spiro atoms. The predicted molar refractivity (Wildman–Crippen MR) is 119 cm³/mol. The Morgan fingerprint density at radius 1 is 0.935 bits per heavy atom. The van der Waals surface area contributed by atoms with Gasteiger partial charge in [-0.1, -0.05) is 0 Å². The van der Waals surface area contributed by atoms with E-state index in [4.69, 9.17) is 9.47 Å². The third kappa shape index (κ3) is 5.02. The number of sulfonamides is 1. The van der Waals surface area contributed by atoms with Crippen LogP contribution in [-0.2, 0) is 10.0 Å². The Morgan fingerprint density at radius 3 is 2.23 bits per heavy atom. The number of methoxy groups -OCH3 is 1. The molecule has 2 aromatic rings. The summed E-state index contributed by atoms with van der Waals surface area (Å²) in [5.41, 5.74) is 0.720. The zero-order chi connectivity index (χ0) is 21.8. The van der Waals surface area contributed by atoms with Crippen LogP contribution >= 0.6 is 0 Å². The second kappa shape index (κ2) is 9.54. The summed E-state index contributed by atoms with van der Waals surface area (Å²) in [5, 5.41) is 0. The standard InChI is InChI=1S/C23H31N3O4S/c1-18-17-22(29-2)3-4-23(18)31(27,28)26-15-7-19(8-16-26)25-13-9-21(10-14-25)30-20-5-11-24-12-6-20/h3-6,11-12,17,19,21H,7-10,13-16H2,1-2H3. The third-order valence-electron chi connectivity index (χ3n) is 6.37. The van der Waals surface area contributed by atoms with Crippen LogP contribution in [0.2, 0.25) is 0 Å². The molecule has 0 unspecified atom stereocenters. The minimum Gasteiger partial charge on any atom is -0.497 e. The molecule has 4 rings (SSSR count). The van der Waals surface area contributed by atoms with Crippen LogP contribution in [0.1, 0.15) is 31.2 Å². The Morgan fingerprint density at radius 2 is 1.61 bits per heavy atom. The molecule has 2 saturated heterocycles. The van der Waals surface area contributed by atoms with Crippen LogP contribution in [0.4, 0.5) is 0 Å². The molecule has 7 nitrogen and oxygen atoms in total. The molecular weight excluding hydrogens is 414 g/mol. The van der Waals surface area contributed by atoms with Crippen molar-refractivity contribution in [3.05, 3.63) is 48.3 Å². The van der Waals surface area contributed by atoms with Gasteiger partial charge in [0.1, 0.15) is 17.6 Å². The highest BCUT2D eigenvalue weighted by Crippen LogP contribution is 2.29. The summed E-state index contributed by atoms with van der Waals surface area (Å²) in [4.78, 5) is 6.91. The molecule has 0 saturated carbocycles. The van der Waals surface area contributed by atoms with Crippen LogP contribution in [0, 0.1) is 6.92 Å². The molecule has 3 heterocycles. The van der Waals surface area contributed by atoms with Crippen molar-refractivity contribution in [2.45, 2.75) is 49.6 Å². The molecule has 0 radical (unpaired) electrons. The van der Waals surface area contributed by atoms with E-state index in [2.05, 4.69) is 9.88 Å². The largest absolute Gasteiger partial charge is 0.497 e. The molecule has 1 aromatic heterocycles. The van der Waals surface area contributed by atoms with Gasteiger partial charge in [0.2, 0.25) is 10.0 Å². The van der Waals surface area contributed by atoms with Crippen molar-refractivity contribution in [1.82, 2.24) is 14.2 Å². The topological polar surface area (TPSA) is 72.0 Å². The summed E-state index contributed by atoms with van der Waals surface area (Å²) in [5.74, 6) is 1.55. The highest BCUT2D eigenvalue weighted by atomic mass is 32.2. The number of rotatable bonds is 6. The average Bonchev–Trinajstić information content (AvgIpc) is 2.80. The van der Waals surface area contributed by atoms with E-state index >= 15 is 0 Å². The van der Waals surface area contributed by atoms with Gasteiger partial charge in [-0.15, -0.1) is 0 Å². The number of pyridine rings is 1. The highest BCUT2D eigenvalue weighted by Gasteiger charge is 2.34. The molecule has 2 aliphatic rings. The van der Waals surface area contributed by atoms with Crippen molar-refractivity contribution in [2.75, 3.05) is 33.3 Å². The molecule has 8 heteroatoms. The molecule has 0 bridgehead atoms. The van der Waals surface area contributed by atoms with Crippen molar-refractivity contribution in [3.63, 3.8) is 0 Å². The quantitative estimate of drug-likeness (QED) is 0.680. The van der Waals surface area contributed by atoms with Gasteiger partial charge in [0, 0.05) is 44.6 Å². The molecule has 1 aromatic carbocycles. The maximum absolute atomic E-state index is 13.2. The molecule has 31 heavy (non-hydrogen) atoms. The lowest BCUT2D eigenvalue weighted by Gasteiger charge is -2.41. The fourth-order valence-corrected chi connectivity index (χ4v) is 6.27. The average molecular weight is 446 g/mol. The summed E-state index contributed by atoms with van der Waals surface area (Å²) in [6, 6.07) is 9.37. The number of hydrogen-bond donors (Lipinski definition) is 0. The zero-order valence-corrected chi connectivity index (χ0v) is 19.1. The van der Waals surface area contributed by atoms with E-state index < -0.39 is 10.0 Å². The SMILES string of the molecule is COc1ccc(S(=O)(=O)N2CCC(N3CCC(Oc4ccncc4)CC3)CC2)c(C)c1. The van der Waals surface area contributed by atoms with Gasteiger partial charge in [-0.3, -0.25) is 4.98 Å². The Balaban J connectivity index is 1.30. The number of nitrogens with zero attached hydrogens (tertiary/aromatic N) is 3. The van der Waals surface area contributed by atoms with Crippen LogP contribution < -0.4 is 9.47 Å². The van der Waals surface area contributed by atoms with E-state index in [1.807, 2.05) is 19.1 Å². The van der Waals surface area contributed by atoms with E-state index in [0.717, 1.165) is 50.1 Å². The predicted octanol–water partition coefficient (Wildman–Crippen LogP) is 3.10. The van der Waals surface area contributed by atoms with E-state index in [1.165, 1.54) is 0 Å². The molecule has 2 fully saturated rings. The highest BCUT2D eigenvalue weighted by molar-refractivity contribution is 7.89. The normalized spacial score (nSPS) is 19.9. The fraction of sp³-hybridized carbons (Fsp3) is 0.522. The lowest BCUT2D eigenvalue weighted by atomic mass is 10.00. The number of likely N-dealkylation sites (tertiary alicyclic amines) is 1. The lowest BCUT2D eigenvalue weighted by molar-refractivity contribution is 0.0585. The van der Waals surface area contributed by atoms with E-state index in [1.54, 1.807) is 42.0 Å². The molecule has 2 aliphatic heterocycles. The number of hydrogen-bond acceptors (Lipinski definition) is 6. The van der Waals surface area contributed by atoms with Crippen molar-refractivity contribution in [3.8, 4) is 11.5 Å². The Kier molecular flexibility index (Phi) is 6.79. The Bertz CT molecular complexity index is 968. The zero-order valence-electron chi connectivity index (χ0n) is 18.2. The molecule has 0 atom stereocenters. The second-order valence-corrected chi connectivity index (χ2v) is 10.2. The van der Waals surface area contributed by atoms with Crippen molar-refractivity contribution < 1.29 is 17.9 Å². The van der Waals surface area contributed by atoms with Gasteiger partial charge >= 0.3 is 0 Å². The van der Waals surface area contributed by atoms with Gasteiger partial charge in [0.25, 0.3) is 0 Å². The summed E-state index contributed by atoms with van der Waals surface area (Å²) in [6.07, 6.45) is 7.45. The molecule has 168 valence electrons. The first-order valence-electron chi connectivity index (χ1n) is 10.9. The summed E-state index contributed by atoms with van der Waals surface area (Å²) in [7, 11) is -1.90. The number of benzene rings is 1. The third-order valence-corrected chi connectivity index (χ3v) is 8.43. The minimum absolute atomic E-state index is 0.233. The van der Waals surface area contributed by atoms with Crippen LogP contribution in [-0.4, -0.2) is 68.0 Å². The first-order chi connectivity index (χ1) is 15.0. The summed E-state index contributed by atoms with van der Waals surface area (Å²) < 4.78 is 39.2. The van der Waals surface area contributed by atoms with Gasteiger partial charge in [0.15, 0.2) is 0 Å². The van der Waals surface area contributed by atoms with Crippen molar-refractivity contribution in [2.24, 2.45) is 0 Å². The summed E-state index contributed by atoms with van der Waals surface area (Å²) >= 11 is 0. The van der Waals surface area contributed by atoms with Gasteiger partial charge in [-0.05, 0) is 68.5 Å². The van der Waals surface area contributed by atoms with Crippen LogP contribution in [0.15, 0.2) is 47.6 Å². The minimum atomic E-state index is -3.48. The van der Waals surface area contributed by atoms with Crippen LogP contribution in [0.25, 0.3) is 0 Å². The smallest absolute Gasteiger partial charge is 0.243 e. The van der Waals surface area contributed by atoms with Gasteiger partial charge in [-0.2, -0.15) is 4.31 Å². The van der Waals surface area contributed by atoms with Crippen LogP contribution in [0.5, 0.6) is 11.5 Å². The second-order valence-electron chi connectivity index (χ2n) is 8.30. The fourth-order valence-electron chi connectivity index (χ4n) is 4.59. The van der Waals surface area contributed by atoms with Gasteiger partial charge in [0.05, 0.1) is 12.0 Å². The van der Waals surface area contributed by atoms with Crippen molar-refractivity contribution >= 4 is 10.0 Å². The number of piperidine rings is 2. The first kappa shape index (κ1) is 22.0. The molecule has 0 N–H and O–H groups in total. The van der Waals surface area contributed by atoms with Crippen molar-refractivity contribution in [1.29, 1.82) is 0 Å². The van der Waals surface area contributed by atoms with E-state index in [9.17, 15) is 8.42 Å². The van der Waals surface area contributed by atoms with Gasteiger partial charge in [-0.25, -0.2) is 8.42 Å². The van der Waals surface area contributed by atoms with Crippen LogP contribution in [0.3, 0.4) is 0 Å². The maximum atomic E-state index is 13.2. The first-order valence-corrected chi connectivity index (χ1v) is 12.4. The van der Waals surface area contributed by atoms with E-state index in [-0.39, 0.29) is 6.10 Å². The number of aromatic nitrogens is 1. The molecule has 0 aliphatic carbocycles. The molecular formula is C23H31N3O4S. The monoisotopic (exact) mass is 445 g/mol.